The summed E-state index contributed by atoms with van der Waals surface area (Å²) in [6, 6.07) is 10.2. The molecule has 0 fully saturated rings. The number of nitrogens with one attached hydrogen (secondary N) is 1. The van der Waals surface area contributed by atoms with Crippen molar-refractivity contribution in [2.45, 2.75) is 66.7 Å². The van der Waals surface area contributed by atoms with Gasteiger partial charge in [-0.3, -0.25) is 9.93 Å². The molecule has 1 rings (SSSR count). The number of amides is 1. The van der Waals surface area contributed by atoms with Crippen molar-refractivity contribution >= 4 is 23.4 Å². The first-order chi connectivity index (χ1) is 12.4. The van der Waals surface area contributed by atoms with Gasteiger partial charge in [0.25, 0.3) is 0 Å². The Bertz CT molecular complexity index is 571. The van der Waals surface area contributed by atoms with E-state index < -0.39 is 0 Å². The first-order valence-corrected chi connectivity index (χ1v) is 10.8. The second-order valence-electron chi connectivity index (χ2n) is 7.37. The molecule has 3 atom stereocenters. The van der Waals surface area contributed by atoms with Crippen molar-refractivity contribution in [1.82, 2.24) is 5.32 Å². The smallest absolute Gasteiger partial charge is 0.227 e. The molecule has 0 aliphatic rings. The number of hydrogen-bond donors (Lipinski definition) is 2. The van der Waals surface area contributed by atoms with Gasteiger partial charge in [0.2, 0.25) is 5.91 Å². The summed E-state index contributed by atoms with van der Waals surface area (Å²) in [5.41, 5.74) is 2.25. The Labute approximate surface area is 164 Å². The average Bonchev–Trinajstić information content (AvgIpc) is 2.67. The van der Waals surface area contributed by atoms with Crippen LogP contribution in [0.3, 0.4) is 0 Å². The van der Waals surface area contributed by atoms with Crippen LogP contribution in [0.5, 0.6) is 0 Å². The minimum atomic E-state index is -0.00448. The highest BCUT2D eigenvalue weighted by Crippen LogP contribution is 2.31. The van der Waals surface area contributed by atoms with Crippen LogP contribution in [0, 0.1) is 17.8 Å². The summed E-state index contributed by atoms with van der Waals surface area (Å²) in [7, 11) is 0. The fourth-order valence-corrected chi connectivity index (χ4v) is 3.57. The van der Waals surface area contributed by atoms with E-state index in [0.717, 1.165) is 53.3 Å². The number of allylic oxidation sites excluding steroid dienone is 1. The molecule has 0 saturated carbocycles. The highest BCUT2D eigenvalue weighted by molar-refractivity contribution is 8.01. The summed E-state index contributed by atoms with van der Waals surface area (Å²) in [6.07, 6.45) is 5.39. The van der Waals surface area contributed by atoms with Gasteiger partial charge in [-0.2, -0.15) is 0 Å². The molecule has 26 heavy (non-hydrogen) atoms. The van der Waals surface area contributed by atoms with Gasteiger partial charge in [-0.15, -0.1) is 0 Å². The number of carbonyl (C=O) groups excluding carboxylic acids is 1. The van der Waals surface area contributed by atoms with Crippen LogP contribution in [0.2, 0.25) is 0 Å². The molecular weight excluding hydrogens is 340 g/mol. The molecule has 146 valence electrons. The summed E-state index contributed by atoms with van der Waals surface area (Å²) in [5.74, 6) is 1.12. The molecule has 0 aromatic heterocycles. The molecule has 0 aliphatic heterocycles. The van der Waals surface area contributed by atoms with Gasteiger partial charge in [-0.05, 0) is 47.8 Å². The highest BCUT2D eigenvalue weighted by atomic mass is 32.2. The lowest BCUT2D eigenvalue weighted by Gasteiger charge is -2.21. The van der Waals surface area contributed by atoms with Crippen molar-refractivity contribution in [2.75, 3.05) is 0 Å². The van der Waals surface area contributed by atoms with E-state index in [1.54, 1.807) is 0 Å². The number of carbonyl (C=O) groups is 1. The SMILES string of the molecule is CCC(C)CCCC(C)C(=O)N/C(SN)=C(\c1ccccc1)C(C)CC. The molecule has 3 nitrogen and oxygen atoms in total. The minimum absolute atomic E-state index is 0.00448. The third kappa shape index (κ3) is 7.16. The second kappa shape index (κ2) is 12.2. The molecule has 4 heteroatoms. The average molecular weight is 377 g/mol. The number of benzene rings is 1. The molecule has 3 unspecified atom stereocenters. The number of rotatable bonds is 11. The van der Waals surface area contributed by atoms with E-state index in [0.29, 0.717) is 5.92 Å². The number of hydrogen-bond acceptors (Lipinski definition) is 3. The topological polar surface area (TPSA) is 55.1 Å². The van der Waals surface area contributed by atoms with E-state index in [2.05, 4.69) is 45.1 Å². The second-order valence-corrected chi connectivity index (χ2v) is 8.01. The summed E-state index contributed by atoms with van der Waals surface area (Å²) in [5, 5.41) is 9.85. The van der Waals surface area contributed by atoms with Crippen LogP contribution < -0.4 is 10.5 Å². The van der Waals surface area contributed by atoms with Gasteiger partial charge in [0.05, 0.1) is 5.03 Å². The predicted molar refractivity (Wildman–Crippen MR) is 115 cm³/mol. The Kier molecular flexibility index (Phi) is 10.7. The zero-order valence-electron chi connectivity index (χ0n) is 17.0. The Morgan fingerprint density at radius 3 is 2.23 bits per heavy atom. The van der Waals surface area contributed by atoms with Crippen LogP contribution in [0.4, 0.5) is 0 Å². The molecule has 0 bridgehead atoms. The third-order valence-electron chi connectivity index (χ3n) is 5.27. The maximum Gasteiger partial charge on any atom is 0.227 e. The molecule has 0 heterocycles. The fourth-order valence-electron chi connectivity index (χ4n) is 2.96. The van der Waals surface area contributed by atoms with Crippen LogP contribution in [-0.4, -0.2) is 5.91 Å². The van der Waals surface area contributed by atoms with Gasteiger partial charge in [-0.1, -0.05) is 84.2 Å². The van der Waals surface area contributed by atoms with Crippen molar-refractivity contribution in [3.8, 4) is 0 Å². The normalized spacial score (nSPS) is 15.8. The molecule has 0 spiro atoms. The maximum absolute atomic E-state index is 12.7. The first-order valence-electron chi connectivity index (χ1n) is 9.91. The molecular formula is C22H36N2OS. The molecule has 0 aliphatic carbocycles. The Hall–Kier alpha value is -1.26. The summed E-state index contributed by atoms with van der Waals surface area (Å²) in [6.45, 7) is 10.8. The standard InChI is InChI=1S/C22H36N2OS/c1-6-16(3)12-11-13-18(5)21(25)24-22(26-23)20(17(4)7-2)19-14-9-8-10-15-19/h8-10,14-18H,6-7,11-13,23H2,1-5H3,(H,24,25)/b22-20+. The molecule has 1 amide bonds. The summed E-state index contributed by atoms with van der Waals surface area (Å²) >= 11 is 1.14. The third-order valence-corrected chi connectivity index (χ3v) is 5.83. The van der Waals surface area contributed by atoms with Gasteiger partial charge in [-0.25, -0.2) is 0 Å². The van der Waals surface area contributed by atoms with Crippen LogP contribution in [0.1, 0.15) is 72.3 Å². The van der Waals surface area contributed by atoms with Gasteiger partial charge >= 0.3 is 0 Å². The monoisotopic (exact) mass is 376 g/mol. The largest absolute Gasteiger partial charge is 0.319 e. The van der Waals surface area contributed by atoms with Crippen LogP contribution in [-0.2, 0) is 4.79 Å². The van der Waals surface area contributed by atoms with Crippen LogP contribution >= 0.6 is 11.9 Å². The van der Waals surface area contributed by atoms with Gasteiger partial charge in [0, 0.05) is 5.92 Å². The first kappa shape index (κ1) is 22.8. The Morgan fingerprint density at radius 2 is 1.69 bits per heavy atom. The molecule has 1 aromatic carbocycles. The van der Waals surface area contributed by atoms with Gasteiger partial charge in [0.1, 0.15) is 0 Å². The quantitative estimate of drug-likeness (QED) is 0.467. The zero-order valence-corrected chi connectivity index (χ0v) is 17.9. The fraction of sp³-hybridized carbons (Fsp3) is 0.591. The summed E-state index contributed by atoms with van der Waals surface area (Å²) < 4.78 is 0. The number of nitrogens with two attached hydrogens (primary N) is 1. The van der Waals surface area contributed by atoms with Gasteiger partial charge in [0.15, 0.2) is 0 Å². The molecule has 1 aromatic rings. The molecule has 3 N–H and O–H groups in total. The van der Waals surface area contributed by atoms with Crippen LogP contribution in [0.25, 0.3) is 5.57 Å². The van der Waals surface area contributed by atoms with Crippen molar-refractivity contribution < 1.29 is 4.79 Å². The van der Waals surface area contributed by atoms with E-state index in [1.807, 2.05) is 25.1 Å². The van der Waals surface area contributed by atoms with E-state index in [9.17, 15) is 4.79 Å². The zero-order chi connectivity index (χ0) is 19.5. The lowest BCUT2D eigenvalue weighted by molar-refractivity contribution is -0.123. The highest BCUT2D eigenvalue weighted by Gasteiger charge is 2.20. The Morgan fingerprint density at radius 1 is 1.04 bits per heavy atom. The molecule has 0 radical (unpaired) electrons. The van der Waals surface area contributed by atoms with E-state index in [1.165, 1.54) is 12.8 Å². The lowest BCUT2D eigenvalue weighted by Crippen LogP contribution is -2.29. The van der Waals surface area contributed by atoms with Crippen molar-refractivity contribution in [3.05, 3.63) is 40.9 Å². The van der Waals surface area contributed by atoms with E-state index in [4.69, 9.17) is 5.14 Å². The summed E-state index contributed by atoms with van der Waals surface area (Å²) in [4.78, 5) is 12.7. The molecule has 0 saturated heterocycles. The van der Waals surface area contributed by atoms with E-state index in [-0.39, 0.29) is 11.8 Å². The van der Waals surface area contributed by atoms with Gasteiger partial charge < -0.3 is 5.32 Å². The van der Waals surface area contributed by atoms with Crippen molar-refractivity contribution in [1.29, 1.82) is 0 Å². The minimum Gasteiger partial charge on any atom is -0.319 e. The lowest BCUT2D eigenvalue weighted by atomic mass is 9.92. The maximum atomic E-state index is 12.7. The van der Waals surface area contributed by atoms with E-state index >= 15 is 0 Å². The van der Waals surface area contributed by atoms with Crippen molar-refractivity contribution in [3.63, 3.8) is 0 Å². The predicted octanol–water partition coefficient (Wildman–Crippen LogP) is 5.98. The Balaban J connectivity index is 2.89. The van der Waals surface area contributed by atoms with Crippen LogP contribution in [0.15, 0.2) is 35.4 Å². The van der Waals surface area contributed by atoms with Crippen molar-refractivity contribution in [2.24, 2.45) is 22.9 Å².